The van der Waals surface area contributed by atoms with E-state index >= 15 is 0 Å². The Bertz CT molecular complexity index is 225. The number of hydrogen-bond donors (Lipinski definition) is 0. The van der Waals surface area contributed by atoms with Crippen LogP contribution >= 0.6 is 10.0 Å². The highest BCUT2D eigenvalue weighted by Crippen LogP contribution is 2.34. The van der Waals surface area contributed by atoms with E-state index in [2.05, 4.69) is 35.9 Å². The number of hydrogen-bond acceptors (Lipinski definition) is 1. The fourth-order valence-electron chi connectivity index (χ4n) is 0.973. The average molecular weight is 183 g/mol. The minimum absolute atomic E-state index is 0.343. The fourth-order valence-corrected chi connectivity index (χ4v) is 1.82. The topological polar surface area (TPSA) is 12.9 Å². The molecule has 0 radical (unpaired) electrons. The molecule has 0 fully saturated rings. The lowest BCUT2D eigenvalue weighted by atomic mass is 10.2. The van der Waals surface area contributed by atoms with E-state index in [1.165, 1.54) is 17.7 Å². The van der Waals surface area contributed by atoms with Crippen molar-refractivity contribution < 1.29 is 0 Å². The molecule has 0 saturated heterocycles. The third kappa shape index (κ3) is 3.77. The van der Waals surface area contributed by atoms with Gasteiger partial charge in [-0.15, -0.1) is 0 Å². The Morgan fingerprint density at radius 1 is 1.17 bits per heavy atom. The second-order valence-electron chi connectivity index (χ2n) is 3.90. The van der Waals surface area contributed by atoms with Crippen molar-refractivity contribution in [3.05, 3.63) is 30.1 Å². The summed E-state index contributed by atoms with van der Waals surface area (Å²) in [5.41, 5.74) is 1.41. The summed E-state index contributed by atoms with van der Waals surface area (Å²) in [7, 11) is -0.343. The summed E-state index contributed by atoms with van der Waals surface area (Å²) in [4.78, 5) is 4.00. The van der Waals surface area contributed by atoms with Gasteiger partial charge in [-0.05, 0) is 48.6 Å². The number of nitrogens with zero attached hydrogens (tertiary/aromatic N) is 1. The van der Waals surface area contributed by atoms with Crippen LogP contribution in [0.25, 0.3) is 0 Å². The third-order valence-electron chi connectivity index (χ3n) is 1.75. The molecular weight excluding hydrogens is 166 g/mol. The molecule has 12 heavy (non-hydrogen) atoms. The van der Waals surface area contributed by atoms with Gasteiger partial charge in [0, 0.05) is 12.4 Å². The molecule has 0 spiro atoms. The molecular formula is C10H17NS. The first-order valence-electron chi connectivity index (χ1n) is 4.13. The van der Waals surface area contributed by atoms with Crippen molar-refractivity contribution in [1.82, 2.24) is 4.98 Å². The average Bonchev–Trinajstić information content (AvgIpc) is 2.02. The molecule has 1 aromatic heterocycles. The Hall–Kier alpha value is -0.500. The fraction of sp³-hybridized carbons (Fsp3) is 0.500. The molecule has 68 valence electrons. The minimum atomic E-state index is -0.343. The normalized spacial score (nSPS) is 12.9. The van der Waals surface area contributed by atoms with Gasteiger partial charge in [-0.2, -0.15) is 0 Å². The van der Waals surface area contributed by atoms with Crippen LogP contribution < -0.4 is 0 Å². The second-order valence-corrected chi connectivity index (χ2v) is 8.49. The van der Waals surface area contributed by atoms with Crippen LogP contribution in [0.15, 0.2) is 24.5 Å². The molecule has 0 N–H and O–H groups in total. The van der Waals surface area contributed by atoms with Gasteiger partial charge in [0.2, 0.25) is 0 Å². The molecule has 0 aliphatic carbocycles. The van der Waals surface area contributed by atoms with Crippen LogP contribution in [-0.2, 0) is 6.42 Å². The SMILES string of the molecule is CS(C)(C)CCc1ccncc1. The van der Waals surface area contributed by atoms with Gasteiger partial charge >= 0.3 is 0 Å². The summed E-state index contributed by atoms with van der Waals surface area (Å²) < 4.78 is 0. The minimum Gasteiger partial charge on any atom is -0.265 e. The molecule has 0 bridgehead atoms. The maximum absolute atomic E-state index is 4.00. The summed E-state index contributed by atoms with van der Waals surface area (Å²) in [6.07, 6.45) is 12.0. The number of aromatic nitrogens is 1. The highest BCUT2D eigenvalue weighted by molar-refractivity contribution is 8.32. The molecule has 2 heteroatoms. The molecule has 0 atom stereocenters. The smallest absolute Gasteiger partial charge is 0.0270 e. The van der Waals surface area contributed by atoms with Crippen molar-refractivity contribution in [3.63, 3.8) is 0 Å². The van der Waals surface area contributed by atoms with Crippen molar-refractivity contribution >= 4 is 10.0 Å². The lowest BCUT2D eigenvalue weighted by Gasteiger charge is -2.24. The van der Waals surface area contributed by atoms with E-state index in [0.717, 1.165) is 0 Å². The summed E-state index contributed by atoms with van der Waals surface area (Å²) in [6.45, 7) is 0. The standard InChI is InChI=1S/C10H17NS/c1-12(2,3)9-6-10-4-7-11-8-5-10/h4-5,7-8H,6,9H2,1-3H3. The van der Waals surface area contributed by atoms with Crippen molar-refractivity contribution in [2.24, 2.45) is 0 Å². The predicted octanol–water partition coefficient (Wildman–Crippen LogP) is 2.32. The highest BCUT2D eigenvalue weighted by atomic mass is 32.3. The lowest BCUT2D eigenvalue weighted by Crippen LogP contribution is -2.01. The Balaban J connectivity index is 2.44. The van der Waals surface area contributed by atoms with Gasteiger partial charge in [0.25, 0.3) is 0 Å². The zero-order valence-corrected chi connectivity index (χ0v) is 8.90. The zero-order chi connectivity index (χ0) is 9.03. The predicted molar refractivity (Wildman–Crippen MR) is 58.2 cm³/mol. The van der Waals surface area contributed by atoms with Crippen LogP contribution in [0.3, 0.4) is 0 Å². The lowest BCUT2D eigenvalue weighted by molar-refractivity contribution is 1.13. The van der Waals surface area contributed by atoms with Crippen molar-refractivity contribution in [3.8, 4) is 0 Å². The largest absolute Gasteiger partial charge is 0.265 e. The van der Waals surface area contributed by atoms with Crippen LogP contribution in [0, 0.1) is 0 Å². The molecule has 0 aliphatic rings. The number of pyridine rings is 1. The molecule has 0 aromatic carbocycles. The van der Waals surface area contributed by atoms with Gasteiger partial charge in [-0.3, -0.25) is 4.98 Å². The van der Waals surface area contributed by atoms with Crippen LogP contribution in [0.5, 0.6) is 0 Å². The molecule has 0 amide bonds. The van der Waals surface area contributed by atoms with Gasteiger partial charge in [0.05, 0.1) is 0 Å². The summed E-state index contributed by atoms with van der Waals surface area (Å²) in [5, 5.41) is 0. The second kappa shape index (κ2) is 3.94. The Morgan fingerprint density at radius 2 is 1.75 bits per heavy atom. The summed E-state index contributed by atoms with van der Waals surface area (Å²) in [6, 6.07) is 4.20. The maximum Gasteiger partial charge on any atom is 0.0270 e. The van der Waals surface area contributed by atoms with E-state index < -0.39 is 0 Å². The molecule has 1 nitrogen and oxygen atoms in total. The number of rotatable bonds is 3. The van der Waals surface area contributed by atoms with E-state index in [1.807, 2.05) is 12.4 Å². The van der Waals surface area contributed by atoms with Gasteiger partial charge in [-0.1, -0.05) is 0 Å². The van der Waals surface area contributed by atoms with E-state index in [-0.39, 0.29) is 10.0 Å². The monoisotopic (exact) mass is 183 g/mol. The Labute approximate surface area is 76.5 Å². The molecule has 1 heterocycles. The third-order valence-corrected chi connectivity index (χ3v) is 3.18. The van der Waals surface area contributed by atoms with Crippen molar-refractivity contribution in [2.75, 3.05) is 24.5 Å². The summed E-state index contributed by atoms with van der Waals surface area (Å²) in [5.74, 6) is 1.32. The van der Waals surface area contributed by atoms with Crippen LogP contribution in [0.2, 0.25) is 0 Å². The van der Waals surface area contributed by atoms with Crippen LogP contribution in [0.4, 0.5) is 0 Å². The number of aryl methyl sites for hydroxylation is 1. The van der Waals surface area contributed by atoms with Crippen LogP contribution in [-0.4, -0.2) is 29.5 Å². The van der Waals surface area contributed by atoms with Gasteiger partial charge in [0.15, 0.2) is 0 Å². The zero-order valence-electron chi connectivity index (χ0n) is 8.08. The molecule has 0 saturated carbocycles. The van der Waals surface area contributed by atoms with E-state index in [1.54, 1.807) is 0 Å². The van der Waals surface area contributed by atoms with Crippen molar-refractivity contribution in [1.29, 1.82) is 0 Å². The first-order chi connectivity index (χ1) is 5.58. The van der Waals surface area contributed by atoms with Gasteiger partial charge in [0.1, 0.15) is 0 Å². The summed E-state index contributed by atoms with van der Waals surface area (Å²) >= 11 is 0. The quantitative estimate of drug-likeness (QED) is 0.701. The van der Waals surface area contributed by atoms with E-state index in [9.17, 15) is 0 Å². The first-order valence-corrected chi connectivity index (χ1v) is 7.15. The first kappa shape index (κ1) is 9.59. The van der Waals surface area contributed by atoms with Crippen LogP contribution in [0.1, 0.15) is 5.56 Å². The Morgan fingerprint density at radius 3 is 2.25 bits per heavy atom. The molecule has 1 rings (SSSR count). The van der Waals surface area contributed by atoms with E-state index in [0.29, 0.717) is 0 Å². The van der Waals surface area contributed by atoms with Crippen molar-refractivity contribution in [2.45, 2.75) is 6.42 Å². The van der Waals surface area contributed by atoms with E-state index in [4.69, 9.17) is 0 Å². The van der Waals surface area contributed by atoms with Gasteiger partial charge < -0.3 is 0 Å². The maximum atomic E-state index is 4.00. The molecule has 1 aromatic rings. The molecule has 0 aliphatic heterocycles. The Kier molecular flexibility index (Phi) is 3.15. The highest BCUT2D eigenvalue weighted by Gasteiger charge is 2.03. The van der Waals surface area contributed by atoms with Gasteiger partial charge in [-0.25, -0.2) is 10.0 Å². The molecule has 0 unspecified atom stereocenters.